The first-order valence-corrected chi connectivity index (χ1v) is 6.84. The summed E-state index contributed by atoms with van der Waals surface area (Å²) < 4.78 is 5.39. The third-order valence-corrected chi connectivity index (χ3v) is 3.48. The lowest BCUT2D eigenvalue weighted by molar-refractivity contribution is -0.00859. The molecule has 0 aliphatic carbocycles. The minimum atomic E-state index is -0.409. The van der Waals surface area contributed by atoms with E-state index in [0.717, 1.165) is 25.8 Å². The number of carbonyl (C=O) groups excluding carboxylic acids is 1. The van der Waals surface area contributed by atoms with Crippen molar-refractivity contribution in [1.29, 1.82) is 0 Å². The van der Waals surface area contributed by atoms with Gasteiger partial charge in [-0.2, -0.15) is 0 Å². The number of likely N-dealkylation sites (tertiary alicyclic amines) is 1. The van der Waals surface area contributed by atoms with Gasteiger partial charge in [-0.3, -0.25) is 0 Å². The number of nitrogens with two attached hydrogens (primary N) is 1. The molecule has 1 rings (SSSR count). The predicted molar refractivity (Wildman–Crippen MR) is 73.4 cm³/mol. The molecule has 1 atom stereocenters. The maximum atomic E-state index is 11.9. The summed E-state index contributed by atoms with van der Waals surface area (Å²) in [5.41, 5.74) is 5.48. The number of carbonyl (C=O) groups is 1. The summed E-state index contributed by atoms with van der Waals surface area (Å²) in [6.07, 6.45) is 2.97. The molecule has 4 heteroatoms. The van der Waals surface area contributed by atoms with Gasteiger partial charge in [-0.25, -0.2) is 4.79 Å². The van der Waals surface area contributed by atoms with Crippen molar-refractivity contribution >= 4 is 6.09 Å². The molecule has 0 aromatic carbocycles. The number of rotatable bonds is 4. The smallest absolute Gasteiger partial charge is 0.410 e. The van der Waals surface area contributed by atoms with E-state index in [2.05, 4.69) is 13.8 Å². The summed E-state index contributed by atoms with van der Waals surface area (Å²) in [6.45, 7) is 11.5. The molecular weight excluding hydrogens is 228 g/mol. The molecule has 18 heavy (non-hydrogen) atoms. The number of nitrogens with zero attached hydrogens (tertiary/aromatic N) is 1. The van der Waals surface area contributed by atoms with Crippen molar-refractivity contribution in [3.05, 3.63) is 0 Å². The lowest BCUT2D eigenvalue weighted by Gasteiger charge is -2.42. The van der Waals surface area contributed by atoms with Crippen LogP contribution in [0.4, 0.5) is 4.79 Å². The highest BCUT2D eigenvalue weighted by Crippen LogP contribution is 2.29. The summed E-state index contributed by atoms with van der Waals surface area (Å²) in [6, 6.07) is 0.339. The van der Waals surface area contributed by atoms with E-state index in [1.165, 1.54) is 0 Å². The van der Waals surface area contributed by atoms with E-state index >= 15 is 0 Å². The van der Waals surface area contributed by atoms with Gasteiger partial charge >= 0.3 is 6.09 Å². The fourth-order valence-electron chi connectivity index (χ4n) is 1.96. The van der Waals surface area contributed by atoms with E-state index in [4.69, 9.17) is 10.5 Å². The molecule has 0 spiro atoms. The molecule has 0 aromatic heterocycles. The second-order valence-corrected chi connectivity index (χ2v) is 7.02. The largest absolute Gasteiger partial charge is 0.444 e. The topological polar surface area (TPSA) is 55.6 Å². The minimum absolute atomic E-state index is 0.162. The van der Waals surface area contributed by atoms with Crippen LogP contribution in [0.5, 0.6) is 0 Å². The number of hydrogen-bond donors (Lipinski definition) is 1. The van der Waals surface area contributed by atoms with Crippen LogP contribution in [0.25, 0.3) is 0 Å². The Hall–Kier alpha value is -0.770. The molecule has 1 amide bonds. The molecule has 4 nitrogen and oxygen atoms in total. The van der Waals surface area contributed by atoms with Crippen molar-refractivity contribution in [1.82, 2.24) is 4.90 Å². The van der Waals surface area contributed by atoms with Gasteiger partial charge in [0.05, 0.1) is 0 Å². The number of ether oxygens (including phenoxy) is 1. The molecule has 106 valence electrons. The standard InChI is InChI=1S/C14H28N2O2/c1-13(2,3)18-12(17)16-9-7-11(16)6-8-14(4,5)10-15/h11H,6-10,15H2,1-5H3. The van der Waals surface area contributed by atoms with Crippen molar-refractivity contribution < 1.29 is 9.53 Å². The van der Waals surface area contributed by atoms with Crippen molar-refractivity contribution in [3.63, 3.8) is 0 Å². The van der Waals surface area contributed by atoms with E-state index in [9.17, 15) is 4.79 Å². The summed E-state index contributed by atoms with van der Waals surface area (Å²) in [7, 11) is 0. The Morgan fingerprint density at radius 3 is 2.33 bits per heavy atom. The van der Waals surface area contributed by atoms with Gasteiger partial charge in [-0.05, 0) is 52.0 Å². The average molecular weight is 256 g/mol. The zero-order chi connectivity index (χ0) is 14.0. The molecule has 1 aliphatic rings. The Bertz CT molecular complexity index is 295. The first kappa shape index (κ1) is 15.3. The van der Waals surface area contributed by atoms with E-state index < -0.39 is 5.60 Å². The molecule has 0 radical (unpaired) electrons. The van der Waals surface area contributed by atoms with Crippen LogP contribution in [0.1, 0.15) is 53.9 Å². The average Bonchev–Trinajstić information content (AvgIpc) is 2.12. The van der Waals surface area contributed by atoms with Crippen LogP contribution in [-0.4, -0.2) is 35.7 Å². The van der Waals surface area contributed by atoms with E-state index in [1.54, 1.807) is 0 Å². The molecule has 2 N–H and O–H groups in total. The Balaban J connectivity index is 2.39. The summed E-state index contributed by atoms with van der Waals surface area (Å²) in [4.78, 5) is 13.8. The molecule has 0 bridgehead atoms. The predicted octanol–water partition coefficient (Wildman–Crippen LogP) is 2.76. The zero-order valence-corrected chi connectivity index (χ0v) is 12.5. The Morgan fingerprint density at radius 1 is 1.33 bits per heavy atom. The SMILES string of the molecule is CC(C)(CN)CCC1CCN1C(=O)OC(C)(C)C. The van der Waals surface area contributed by atoms with Crippen LogP contribution in [0.2, 0.25) is 0 Å². The van der Waals surface area contributed by atoms with Crippen molar-refractivity contribution in [2.75, 3.05) is 13.1 Å². The normalized spacial score (nSPS) is 20.6. The lowest BCUT2D eigenvalue weighted by atomic mass is 9.84. The summed E-state index contributed by atoms with van der Waals surface area (Å²) >= 11 is 0. The van der Waals surface area contributed by atoms with Gasteiger partial charge in [0, 0.05) is 12.6 Å². The maximum absolute atomic E-state index is 11.9. The van der Waals surface area contributed by atoms with E-state index in [0.29, 0.717) is 12.6 Å². The quantitative estimate of drug-likeness (QED) is 0.841. The van der Waals surface area contributed by atoms with Gasteiger partial charge in [0.2, 0.25) is 0 Å². The zero-order valence-electron chi connectivity index (χ0n) is 12.5. The van der Waals surface area contributed by atoms with Crippen LogP contribution in [0.3, 0.4) is 0 Å². The highest BCUT2D eigenvalue weighted by atomic mass is 16.6. The molecule has 0 saturated carbocycles. The van der Waals surface area contributed by atoms with Crippen molar-refractivity contribution in [3.8, 4) is 0 Å². The van der Waals surface area contributed by atoms with Crippen LogP contribution in [0, 0.1) is 5.41 Å². The molecule has 1 saturated heterocycles. The van der Waals surface area contributed by atoms with E-state index in [-0.39, 0.29) is 11.5 Å². The minimum Gasteiger partial charge on any atom is -0.444 e. The summed E-state index contributed by atoms with van der Waals surface area (Å²) in [5.74, 6) is 0. The highest BCUT2D eigenvalue weighted by Gasteiger charge is 2.35. The third kappa shape index (κ3) is 4.48. The van der Waals surface area contributed by atoms with Crippen LogP contribution in [-0.2, 0) is 4.74 Å². The molecule has 1 heterocycles. The van der Waals surface area contributed by atoms with E-state index in [1.807, 2.05) is 25.7 Å². The first-order chi connectivity index (χ1) is 8.14. The summed E-state index contributed by atoms with van der Waals surface area (Å²) in [5, 5.41) is 0. The number of hydrogen-bond acceptors (Lipinski definition) is 3. The molecule has 1 fully saturated rings. The van der Waals surface area contributed by atoms with Gasteiger partial charge in [-0.15, -0.1) is 0 Å². The van der Waals surface area contributed by atoms with Crippen LogP contribution in [0.15, 0.2) is 0 Å². The fraction of sp³-hybridized carbons (Fsp3) is 0.929. The monoisotopic (exact) mass is 256 g/mol. The fourth-order valence-corrected chi connectivity index (χ4v) is 1.96. The Labute approximate surface area is 111 Å². The second kappa shape index (κ2) is 5.47. The lowest BCUT2D eigenvalue weighted by Crippen LogP contribution is -2.53. The molecule has 1 aliphatic heterocycles. The van der Waals surface area contributed by atoms with Crippen LogP contribution < -0.4 is 5.73 Å². The van der Waals surface area contributed by atoms with Crippen molar-refractivity contribution in [2.45, 2.75) is 65.5 Å². The maximum Gasteiger partial charge on any atom is 0.410 e. The van der Waals surface area contributed by atoms with Gasteiger partial charge in [-0.1, -0.05) is 13.8 Å². The van der Waals surface area contributed by atoms with Crippen LogP contribution >= 0.6 is 0 Å². The van der Waals surface area contributed by atoms with Gasteiger partial charge in [0.25, 0.3) is 0 Å². The van der Waals surface area contributed by atoms with Gasteiger partial charge in [0.15, 0.2) is 0 Å². The van der Waals surface area contributed by atoms with Gasteiger partial charge in [0.1, 0.15) is 5.60 Å². The van der Waals surface area contributed by atoms with Gasteiger partial charge < -0.3 is 15.4 Å². The third-order valence-electron chi connectivity index (χ3n) is 3.48. The molecule has 1 unspecified atom stereocenters. The first-order valence-electron chi connectivity index (χ1n) is 6.84. The molecule has 0 aromatic rings. The second-order valence-electron chi connectivity index (χ2n) is 7.02. The Kier molecular flexibility index (Phi) is 4.65. The number of amides is 1. The molecular formula is C14H28N2O2. The Morgan fingerprint density at radius 2 is 1.94 bits per heavy atom. The van der Waals surface area contributed by atoms with Crippen molar-refractivity contribution in [2.24, 2.45) is 11.1 Å². The highest BCUT2D eigenvalue weighted by molar-refractivity contribution is 5.69.